The lowest BCUT2D eigenvalue weighted by atomic mass is 9.76. The molecule has 4 nitrogen and oxygen atoms in total. The highest BCUT2D eigenvalue weighted by atomic mass is 15.3. The Bertz CT molecular complexity index is 458. The number of nitrogens with zero attached hydrogens (tertiary/aromatic N) is 3. The molecule has 1 saturated carbocycles. The number of rotatable bonds is 3. The smallest absolute Gasteiger partial charge is 0.138 e. The maximum atomic E-state index is 6.74. The molecule has 0 spiro atoms. The molecule has 1 aliphatic rings. The summed E-state index contributed by atoms with van der Waals surface area (Å²) in [5.74, 6) is 1.83. The zero-order valence-corrected chi connectivity index (χ0v) is 14.4. The van der Waals surface area contributed by atoms with Crippen molar-refractivity contribution < 1.29 is 0 Å². The van der Waals surface area contributed by atoms with Crippen LogP contribution in [0, 0.1) is 11.3 Å². The van der Waals surface area contributed by atoms with Crippen molar-refractivity contribution in [2.75, 3.05) is 0 Å². The van der Waals surface area contributed by atoms with Crippen LogP contribution < -0.4 is 5.73 Å². The predicted molar refractivity (Wildman–Crippen MR) is 87.1 cm³/mol. The zero-order chi connectivity index (χ0) is 15.7. The summed E-state index contributed by atoms with van der Waals surface area (Å²) in [6, 6.07) is 0.346. The molecule has 1 fully saturated rings. The third-order valence-corrected chi connectivity index (χ3v) is 5.09. The lowest BCUT2D eigenvalue weighted by Gasteiger charge is -2.31. The van der Waals surface area contributed by atoms with Gasteiger partial charge in [0, 0.05) is 18.0 Å². The van der Waals surface area contributed by atoms with Crippen LogP contribution in [0.5, 0.6) is 0 Å². The molecule has 4 heteroatoms. The summed E-state index contributed by atoms with van der Waals surface area (Å²) >= 11 is 0. The molecular weight excluding hydrogens is 260 g/mol. The van der Waals surface area contributed by atoms with Crippen LogP contribution in [0.3, 0.4) is 0 Å². The molecule has 0 amide bonds. The van der Waals surface area contributed by atoms with E-state index in [0.717, 1.165) is 31.0 Å². The Morgan fingerprint density at radius 3 is 2.67 bits per heavy atom. The SMILES string of the molecule is CC(C)n1ncnc1CC1(N)CCCC(C(C)(C)C)CC1. The fourth-order valence-corrected chi connectivity index (χ4v) is 3.62. The van der Waals surface area contributed by atoms with Gasteiger partial charge in [-0.05, 0) is 50.9 Å². The first-order chi connectivity index (χ1) is 9.71. The molecule has 1 aliphatic carbocycles. The molecule has 2 unspecified atom stereocenters. The van der Waals surface area contributed by atoms with Gasteiger partial charge in [-0.25, -0.2) is 9.67 Å². The van der Waals surface area contributed by atoms with Gasteiger partial charge in [-0.1, -0.05) is 27.2 Å². The van der Waals surface area contributed by atoms with Crippen molar-refractivity contribution in [3.05, 3.63) is 12.2 Å². The van der Waals surface area contributed by atoms with E-state index in [1.165, 1.54) is 19.3 Å². The molecule has 2 atom stereocenters. The number of hydrogen-bond donors (Lipinski definition) is 1. The molecule has 1 aromatic rings. The van der Waals surface area contributed by atoms with Gasteiger partial charge in [-0.2, -0.15) is 5.10 Å². The highest BCUT2D eigenvalue weighted by Gasteiger charge is 2.34. The Morgan fingerprint density at radius 2 is 2.05 bits per heavy atom. The maximum Gasteiger partial charge on any atom is 0.138 e. The molecule has 0 radical (unpaired) electrons. The van der Waals surface area contributed by atoms with Crippen LogP contribution in [0.1, 0.15) is 78.6 Å². The second kappa shape index (κ2) is 6.07. The summed E-state index contributed by atoms with van der Waals surface area (Å²) in [5.41, 5.74) is 7.02. The van der Waals surface area contributed by atoms with Crippen LogP contribution in [0.15, 0.2) is 6.33 Å². The minimum Gasteiger partial charge on any atom is -0.325 e. The fraction of sp³-hybridized carbons (Fsp3) is 0.882. The van der Waals surface area contributed by atoms with E-state index in [1.54, 1.807) is 6.33 Å². The normalized spacial score (nSPS) is 27.9. The molecule has 2 rings (SSSR count). The van der Waals surface area contributed by atoms with Crippen LogP contribution in [-0.4, -0.2) is 20.3 Å². The van der Waals surface area contributed by atoms with Crippen molar-refractivity contribution in [1.29, 1.82) is 0 Å². The molecule has 0 aromatic carbocycles. The van der Waals surface area contributed by atoms with Crippen LogP contribution in [0.25, 0.3) is 0 Å². The van der Waals surface area contributed by atoms with Crippen molar-refractivity contribution >= 4 is 0 Å². The van der Waals surface area contributed by atoms with Crippen LogP contribution in [0.4, 0.5) is 0 Å². The monoisotopic (exact) mass is 292 g/mol. The first-order valence-corrected chi connectivity index (χ1v) is 8.38. The van der Waals surface area contributed by atoms with Crippen molar-refractivity contribution in [2.24, 2.45) is 17.1 Å². The second-order valence-corrected chi connectivity index (χ2v) is 8.25. The zero-order valence-electron chi connectivity index (χ0n) is 14.4. The van der Waals surface area contributed by atoms with Gasteiger partial charge in [0.2, 0.25) is 0 Å². The van der Waals surface area contributed by atoms with Crippen molar-refractivity contribution in [3.8, 4) is 0 Å². The largest absolute Gasteiger partial charge is 0.325 e. The molecule has 0 aliphatic heterocycles. The summed E-state index contributed by atoms with van der Waals surface area (Å²) < 4.78 is 2.01. The molecule has 0 bridgehead atoms. The molecular formula is C17H32N4. The van der Waals surface area contributed by atoms with Gasteiger partial charge in [0.25, 0.3) is 0 Å². The van der Waals surface area contributed by atoms with E-state index >= 15 is 0 Å². The molecule has 21 heavy (non-hydrogen) atoms. The van der Waals surface area contributed by atoms with Crippen molar-refractivity contribution in [3.63, 3.8) is 0 Å². The van der Waals surface area contributed by atoms with E-state index < -0.39 is 0 Å². The van der Waals surface area contributed by atoms with E-state index in [0.29, 0.717) is 11.5 Å². The van der Waals surface area contributed by atoms with E-state index in [2.05, 4.69) is 44.7 Å². The highest BCUT2D eigenvalue weighted by molar-refractivity contribution is 5.00. The number of hydrogen-bond acceptors (Lipinski definition) is 3. The molecule has 120 valence electrons. The Balaban J connectivity index is 2.07. The minimum absolute atomic E-state index is 0.111. The standard InChI is InChI=1S/C17H32N4/c1-13(2)21-15(19-12-20-21)11-17(18)9-6-7-14(8-10-17)16(3,4)5/h12-14H,6-11,18H2,1-5H3. The lowest BCUT2D eigenvalue weighted by molar-refractivity contribution is 0.210. The van der Waals surface area contributed by atoms with E-state index in [1.807, 2.05) is 4.68 Å². The Hall–Kier alpha value is -0.900. The second-order valence-electron chi connectivity index (χ2n) is 8.25. The van der Waals surface area contributed by atoms with Crippen molar-refractivity contribution in [1.82, 2.24) is 14.8 Å². The summed E-state index contributed by atoms with van der Waals surface area (Å²) in [5, 5.41) is 4.34. The quantitative estimate of drug-likeness (QED) is 0.864. The Kier molecular flexibility index (Phi) is 4.76. The topological polar surface area (TPSA) is 56.7 Å². The summed E-state index contributed by atoms with van der Waals surface area (Å²) in [4.78, 5) is 4.45. The van der Waals surface area contributed by atoms with Gasteiger partial charge >= 0.3 is 0 Å². The summed E-state index contributed by atoms with van der Waals surface area (Å²) in [7, 11) is 0. The van der Waals surface area contributed by atoms with E-state index in [4.69, 9.17) is 5.73 Å². The predicted octanol–water partition coefficient (Wildman–Crippen LogP) is 3.73. The number of nitrogens with two attached hydrogens (primary N) is 1. The summed E-state index contributed by atoms with van der Waals surface area (Å²) in [6.07, 6.45) is 8.48. The van der Waals surface area contributed by atoms with Gasteiger partial charge in [-0.3, -0.25) is 0 Å². The molecule has 0 saturated heterocycles. The fourth-order valence-electron chi connectivity index (χ4n) is 3.62. The van der Waals surface area contributed by atoms with Crippen molar-refractivity contribution in [2.45, 2.75) is 84.7 Å². The maximum absolute atomic E-state index is 6.74. The van der Waals surface area contributed by atoms with Crippen LogP contribution >= 0.6 is 0 Å². The average molecular weight is 292 g/mol. The van der Waals surface area contributed by atoms with Gasteiger partial charge in [0.15, 0.2) is 0 Å². The first kappa shape index (κ1) is 16.5. The number of aromatic nitrogens is 3. The third-order valence-electron chi connectivity index (χ3n) is 5.09. The Morgan fingerprint density at radius 1 is 1.33 bits per heavy atom. The molecule has 1 aromatic heterocycles. The van der Waals surface area contributed by atoms with E-state index in [9.17, 15) is 0 Å². The van der Waals surface area contributed by atoms with Gasteiger partial charge in [-0.15, -0.1) is 0 Å². The van der Waals surface area contributed by atoms with Crippen LogP contribution in [0.2, 0.25) is 0 Å². The molecule has 2 N–H and O–H groups in total. The summed E-state index contributed by atoms with van der Waals surface area (Å²) in [6.45, 7) is 11.4. The van der Waals surface area contributed by atoms with Gasteiger partial charge in [0.05, 0.1) is 0 Å². The first-order valence-electron chi connectivity index (χ1n) is 8.38. The molecule has 1 heterocycles. The van der Waals surface area contributed by atoms with Gasteiger partial charge in [0.1, 0.15) is 12.2 Å². The van der Waals surface area contributed by atoms with Gasteiger partial charge < -0.3 is 5.73 Å². The van der Waals surface area contributed by atoms with Crippen LogP contribution in [-0.2, 0) is 6.42 Å². The Labute approximate surface area is 129 Å². The third kappa shape index (κ3) is 4.06. The average Bonchev–Trinajstić information content (AvgIpc) is 2.70. The lowest BCUT2D eigenvalue weighted by Crippen LogP contribution is -2.42. The van der Waals surface area contributed by atoms with E-state index in [-0.39, 0.29) is 5.54 Å². The minimum atomic E-state index is -0.111. The highest BCUT2D eigenvalue weighted by Crippen LogP contribution is 2.39.